The molecule has 0 aliphatic carbocycles. The van der Waals surface area contributed by atoms with Gasteiger partial charge in [0.2, 0.25) is 11.8 Å². The summed E-state index contributed by atoms with van der Waals surface area (Å²) in [6.45, 7) is 8.77. The highest BCUT2D eigenvalue weighted by Crippen LogP contribution is 2.31. The quantitative estimate of drug-likeness (QED) is 0.828. The van der Waals surface area contributed by atoms with Crippen molar-refractivity contribution >= 4 is 23.2 Å². The lowest BCUT2D eigenvalue weighted by Crippen LogP contribution is -2.28. The van der Waals surface area contributed by atoms with Gasteiger partial charge in [0.1, 0.15) is 0 Å². The van der Waals surface area contributed by atoms with E-state index in [0.29, 0.717) is 12.5 Å². The number of carbonyl (C=O) groups is 2. The molecule has 4 nitrogen and oxygen atoms in total. The molecule has 0 aromatic heterocycles. The van der Waals surface area contributed by atoms with Gasteiger partial charge in [-0.05, 0) is 49.4 Å². The Morgan fingerprint density at radius 2 is 1.96 bits per heavy atom. The van der Waals surface area contributed by atoms with Gasteiger partial charge in [0, 0.05) is 24.3 Å². The van der Waals surface area contributed by atoms with Crippen LogP contribution in [0.4, 0.5) is 11.4 Å². The summed E-state index contributed by atoms with van der Waals surface area (Å²) in [7, 11) is 0. The van der Waals surface area contributed by atoms with Gasteiger partial charge in [-0.2, -0.15) is 0 Å². The fourth-order valence-corrected chi connectivity index (χ4v) is 3.72. The molecule has 2 aromatic rings. The zero-order valence-corrected chi connectivity index (χ0v) is 16.6. The highest BCUT2D eigenvalue weighted by Gasteiger charge is 2.35. The van der Waals surface area contributed by atoms with Gasteiger partial charge in [-0.15, -0.1) is 0 Å². The van der Waals surface area contributed by atoms with E-state index in [-0.39, 0.29) is 24.2 Å². The molecule has 1 aliphatic heterocycles. The molecule has 1 aliphatic rings. The third-order valence-electron chi connectivity index (χ3n) is 5.50. The van der Waals surface area contributed by atoms with Crippen molar-refractivity contribution in [3.63, 3.8) is 0 Å². The van der Waals surface area contributed by atoms with Crippen LogP contribution < -0.4 is 10.2 Å². The van der Waals surface area contributed by atoms with Crippen LogP contribution >= 0.6 is 0 Å². The molecular formula is C23H28N2O2. The summed E-state index contributed by atoms with van der Waals surface area (Å²) in [5.74, 6) is -0.0229. The normalized spacial score (nSPS) is 17.9. The fourth-order valence-electron chi connectivity index (χ4n) is 3.72. The fraction of sp³-hybridized carbons (Fsp3) is 0.391. The van der Waals surface area contributed by atoms with Crippen molar-refractivity contribution in [2.24, 2.45) is 5.92 Å². The van der Waals surface area contributed by atoms with Crippen LogP contribution in [0.25, 0.3) is 0 Å². The minimum Gasteiger partial charge on any atom is -0.326 e. The molecule has 0 saturated carbocycles. The minimum absolute atomic E-state index is 0.0114. The SMILES string of the molecule is CCC(C)c1ccccc1NC(=O)C1CC(=O)N(c2ccc(C)cc2C)C1. The van der Waals surface area contributed by atoms with E-state index in [1.165, 1.54) is 5.56 Å². The Hall–Kier alpha value is -2.62. The van der Waals surface area contributed by atoms with Crippen LogP contribution in [0.2, 0.25) is 0 Å². The van der Waals surface area contributed by atoms with Crippen LogP contribution in [0.1, 0.15) is 49.3 Å². The number of hydrogen-bond acceptors (Lipinski definition) is 2. The lowest BCUT2D eigenvalue weighted by atomic mass is 9.96. The largest absolute Gasteiger partial charge is 0.326 e. The molecule has 0 bridgehead atoms. The van der Waals surface area contributed by atoms with Crippen molar-refractivity contribution in [3.05, 3.63) is 59.2 Å². The van der Waals surface area contributed by atoms with Crippen LogP contribution in [-0.4, -0.2) is 18.4 Å². The Morgan fingerprint density at radius 3 is 2.67 bits per heavy atom. The Morgan fingerprint density at radius 1 is 1.22 bits per heavy atom. The van der Waals surface area contributed by atoms with Gasteiger partial charge in [0.05, 0.1) is 5.92 Å². The number of nitrogens with one attached hydrogen (secondary N) is 1. The second-order valence-corrected chi connectivity index (χ2v) is 7.58. The van der Waals surface area contributed by atoms with Crippen LogP contribution in [-0.2, 0) is 9.59 Å². The van der Waals surface area contributed by atoms with Crippen molar-refractivity contribution in [2.75, 3.05) is 16.8 Å². The summed E-state index contributed by atoms with van der Waals surface area (Å²) < 4.78 is 0. The average molecular weight is 364 g/mol. The number of benzene rings is 2. The number of aryl methyl sites for hydroxylation is 2. The molecule has 2 unspecified atom stereocenters. The standard InChI is InChI=1S/C23H28N2O2/c1-5-16(3)19-8-6-7-9-20(19)24-23(27)18-13-22(26)25(14-18)21-11-10-15(2)12-17(21)4/h6-12,16,18H,5,13-14H2,1-4H3,(H,24,27). The van der Waals surface area contributed by atoms with Gasteiger partial charge in [0.25, 0.3) is 0 Å². The zero-order chi connectivity index (χ0) is 19.6. The molecule has 1 N–H and O–H groups in total. The Kier molecular flexibility index (Phi) is 5.64. The van der Waals surface area contributed by atoms with Gasteiger partial charge in [-0.1, -0.05) is 49.7 Å². The first-order chi connectivity index (χ1) is 12.9. The summed E-state index contributed by atoms with van der Waals surface area (Å²) in [6.07, 6.45) is 1.26. The third-order valence-corrected chi connectivity index (χ3v) is 5.50. The molecule has 0 spiro atoms. The number of rotatable bonds is 5. The Balaban J connectivity index is 1.75. The molecule has 0 radical (unpaired) electrons. The number of amides is 2. The lowest BCUT2D eigenvalue weighted by Gasteiger charge is -2.20. The number of carbonyl (C=O) groups excluding carboxylic acids is 2. The van der Waals surface area contributed by atoms with Gasteiger partial charge in [0.15, 0.2) is 0 Å². The maximum Gasteiger partial charge on any atom is 0.229 e. The van der Waals surface area contributed by atoms with E-state index in [1.54, 1.807) is 4.90 Å². The highest BCUT2D eigenvalue weighted by molar-refractivity contribution is 6.04. The molecule has 1 fully saturated rings. The molecule has 1 saturated heterocycles. The number of para-hydroxylation sites is 1. The Labute approximate surface area is 161 Å². The van der Waals surface area contributed by atoms with E-state index in [4.69, 9.17) is 0 Å². The molecule has 2 aromatic carbocycles. The van der Waals surface area contributed by atoms with Crippen molar-refractivity contribution in [3.8, 4) is 0 Å². The molecule has 4 heteroatoms. The predicted octanol–water partition coefficient (Wildman–Crippen LogP) is 4.81. The summed E-state index contributed by atoms with van der Waals surface area (Å²) in [4.78, 5) is 27.1. The van der Waals surface area contributed by atoms with Crippen LogP contribution in [0.15, 0.2) is 42.5 Å². The van der Waals surface area contributed by atoms with Gasteiger partial charge in [-0.3, -0.25) is 9.59 Å². The molecular weight excluding hydrogens is 336 g/mol. The van der Waals surface area contributed by atoms with Gasteiger partial charge in [-0.25, -0.2) is 0 Å². The second-order valence-electron chi connectivity index (χ2n) is 7.58. The summed E-state index contributed by atoms with van der Waals surface area (Å²) >= 11 is 0. The minimum atomic E-state index is -0.330. The monoisotopic (exact) mass is 364 g/mol. The summed E-state index contributed by atoms with van der Waals surface area (Å²) in [6, 6.07) is 14.0. The summed E-state index contributed by atoms with van der Waals surface area (Å²) in [5, 5.41) is 3.07. The number of hydrogen-bond donors (Lipinski definition) is 1. The number of nitrogens with zero attached hydrogens (tertiary/aromatic N) is 1. The van der Waals surface area contributed by atoms with Crippen molar-refractivity contribution in [2.45, 2.75) is 46.5 Å². The average Bonchev–Trinajstić information content (AvgIpc) is 3.03. The van der Waals surface area contributed by atoms with Crippen LogP contribution in [0, 0.1) is 19.8 Å². The molecule has 2 amide bonds. The lowest BCUT2D eigenvalue weighted by molar-refractivity contribution is -0.122. The molecule has 142 valence electrons. The van der Waals surface area contributed by atoms with Crippen molar-refractivity contribution in [1.29, 1.82) is 0 Å². The van der Waals surface area contributed by atoms with E-state index in [1.807, 2.05) is 44.2 Å². The van der Waals surface area contributed by atoms with Gasteiger partial charge < -0.3 is 10.2 Å². The predicted molar refractivity (Wildman–Crippen MR) is 110 cm³/mol. The van der Waals surface area contributed by atoms with E-state index >= 15 is 0 Å². The third kappa shape index (κ3) is 4.05. The van der Waals surface area contributed by atoms with Crippen molar-refractivity contribution < 1.29 is 9.59 Å². The van der Waals surface area contributed by atoms with Crippen LogP contribution in [0.5, 0.6) is 0 Å². The van der Waals surface area contributed by atoms with Crippen LogP contribution in [0.3, 0.4) is 0 Å². The maximum atomic E-state index is 12.8. The van der Waals surface area contributed by atoms with E-state index < -0.39 is 0 Å². The number of anilines is 2. The first-order valence-electron chi connectivity index (χ1n) is 9.68. The smallest absolute Gasteiger partial charge is 0.229 e. The Bertz CT molecular complexity index is 859. The molecule has 3 rings (SSSR count). The topological polar surface area (TPSA) is 49.4 Å². The zero-order valence-electron chi connectivity index (χ0n) is 16.6. The maximum absolute atomic E-state index is 12.8. The molecule has 1 heterocycles. The van der Waals surface area contributed by atoms with E-state index in [9.17, 15) is 9.59 Å². The summed E-state index contributed by atoms with van der Waals surface area (Å²) in [5.41, 5.74) is 5.13. The molecule has 27 heavy (non-hydrogen) atoms. The van der Waals surface area contributed by atoms with E-state index in [2.05, 4.69) is 31.3 Å². The second kappa shape index (κ2) is 7.95. The van der Waals surface area contributed by atoms with E-state index in [0.717, 1.165) is 28.9 Å². The molecule has 2 atom stereocenters. The van der Waals surface area contributed by atoms with Gasteiger partial charge >= 0.3 is 0 Å². The van der Waals surface area contributed by atoms with Crippen molar-refractivity contribution in [1.82, 2.24) is 0 Å². The first-order valence-corrected chi connectivity index (χ1v) is 9.68. The first kappa shape index (κ1) is 19.2. The highest BCUT2D eigenvalue weighted by atomic mass is 16.2.